The second-order valence-electron chi connectivity index (χ2n) is 4.98. The third-order valence-electron chi connectivity index (χ3n) is 3.49. The minimum atomic E-state index is -0.0210. The Balaban J connectivity index is 1.77. The second-order valence-corrected chi connectivity index (χ2v) is 4.98. The lowest BCUT2D eigenvalue weighted by atomic mass is 10.1. The molecule has 1 aromatic heterocycles. The summed E-state index contributed by atoms with van der Waals surface area (Å²) in [4.78, 5) is 25.7. The number of rotatable bonds is 3. The molecular weight excluding hydrogens is 256 g/mol. The maximum Gasteiger partial charge on any atom is 0.234 e. The Labute approximate surface area is 116 Å². The summed E-state index contributed by atoms with van der Waals surface area (Å²) in [6.45, 7) is 1.96. The van der Waals surface area contributed by atoms with Gasteiger partial charge in [0.1, 0.15) is 11.8 Å². The first-order chi connectivity index (χ1) is 9.74. The van der Waals surface area contributed by atoms with E-state index in [0.717, 1.165) is 18.4 Å². The van der Waals surface area contributed by atoms with Crippen LogP contribution in [0.15, 0.2) is 34.9 Å². The van der Waals surface area contributed by atoms with Gasteiger partial charge in [0.05, 0.1) is 18.7 Å². The predicted octanol–water partition coefficient (Wildman–Crippen LogP) is 1.44. The Morgan fingerprint density at radius 2 is 2.20 bits per heavy atom. The molecule has 0 bridgehead atoms. The molecule has 1 aliphatic heterocycles. The predicted molar refractivity (Wildman–Crippen MR) is 74.6 cm³/mol. The third kappa shape index (κ3) is 2.58. The average Bonchev–Trinajstić information content (AvgIpc) is 2.77. The highest BCUT2D eigenvalue weighted by Gasteiger charge is 2.20. The quantitative estimate of drug-likeness (QED) is 0.859. The molecule has 3 rings (SSSR count). The second kappa shape index (κ2) is 5.46. The minimum Gasteiger partial charge on any atom is -0.464 e. The van der Waals surface area contributed by atoms with Crippen LogP contribution in [0.5, 0.6) is 0 Å². The molecule has 1 aliphatic rings. The number of nitrogens with zero attached hydrogens (tertiary/aromatic N) is 1. The number of Topliss-reactive ketones (excluding diaryl/α,β-unsaturated/α-hetero) is 1. The summed E-state index contributed by atoms with van der Waals surface area (Å²) in [6.07, 6.45) is 2.37. The molecule has 5 heteroatoms. The van der Waals surface area contributed by atoms with Crippen molar-refractivity contribution in [2.45, 2.75) is 6.42 Å². The number of benzene rings is 1. The summed E-state index contributed by atoms with van der Waals surface area (Å²) in [5.74, 6) is -0.0306. The van der Waals surface area contributed by atoms with Gasteiger partial charge in [-0.3, -0.25) is 14.5 Å². The maximum absolute atomic E-state index is 12.4. The molecular formula is C15H16N2O3. The van der Waals surface area contributed by atoms with Crippen LogP contribution in [0.4, 0.5) is 0 Å². The van der Waals surface area contributed by atoms with Gasteiger partial charge >= 0.3 is 0 Å². The Morgan fingerprint density at radius 1 is 1.35 bits per heavy atom. The molecule has 1 aromatic carbocycles. The summed E-state index contributed by atoms with van der Waals surface area (Å²) >= 11 is 0. The molecule has 0 saturated carbocycles. The van der Waals surface area contributed by atoms with Gasteiger partial charge in [-0.05, 0) is 12.5 Å². The van der Waals surface area contributed by atoms with Crippen molar-refractivity contribution >= 4 is 22.7 Å². The number of fused-ring (bicyclic) bond motifs is 1. The first-order valence-corrected chi connectivity index (χ1v) is 6.72. The van der Waals surface area contributed by atoms with E-state index in [0.29, 0.717) is 17.7 Å². The number of nitrogens with one attached hydrogen (secondary N) is 1. The monoisotopic (exact) mass is 272 g/mol. The maximum atomic E-state index is 12.4. The number of hydrogen-bond donors (Lipinski definition) is 1. The number of carbonyl (C=O) groups excluding carboxylic acids is 2. The molecule has 0 radical (unpaired) electrons. The Hall–Kier alpha value is -2.14. The SMILES string of the molecule is O=C1CN(CC(=O)c2coc3ccccc23)CCCN1. The van der Waals surface area contributed by atoms with Crippen LogP contribution in [-0.2, 0) is 4.79 Å². The lowest BCUT2D eigenvalue weighted by Gasteiger charge is -2.16. The van der Waals surface area contributed by atoms with Gasteiger partial charge in [0.2, 0.25) is 5.91 Å². The van der Waals surface area contributed by atoms with Gasteiger partial charge in [-0.25, -0.2) is 0 Å². The van der Waals surface area contributed by atoms with Crippen molar-refractivity contribution in [3.8, 4) is 0 Å². The average molecular weight is 272 g/mol. The molecule has 20 heavy (non-hydrogen) atoms. The number of hydrogen-bond acceptors (Lipinski definition) is 4. The van der Waals surface area contributed by atoms with E-state index in [-0.39, 0.29) is 24.8 Å². The number of furan rings is 1. The van der Waals surface area contributed by atoms with Crippen LogP contribution in [0.3, 0.4) is 0 Å². The van der Waals surface area contributed by atoms with Crippen LogP contribution < -0.4 is 5.32 Å². The fourth-order valence-corrected chi connectivity index (χ4v) is 2.49. The van der Waals surface area contributed by atoms with Gasteiger partial charge in [0, 0.05) is 18.5 Å². The number of amides is 1. The lowest BCUT2D eigenvalue weighted by Crippen LogP contribution is -2.36. The zero-order chi connectivity index (χ0) is 13.9. The lowest BCUT2D eigenvalue weighted by molar-refractivity contribution is -0.121. The molecule has 0 spiro atoms. The van der Waals surface area contributed by atoms with Gasteiger partial charge in [-0.2, -0.15) is 0 Å². The number of carbonyl (C=O) groups is 2. The molecule has 0 unspecified atom stereocenters. The molecule has 1 N–H and O–H groups in total. The van der Waals surface area contributed by atoms with E-state index in [2.05, 4.69) is 5.32 Å². The van der Waals surface area contributed by atoms with E-state index in [1.54, 1.807) is 0 Å². The summed E-state index contributed by atoms with van der Waals surface area (Å²) in [5.41, 5.74) is 1.30. The topological polar surface area (TPSA) is 62.6 Å². The van der Waals surface area contributed by atoms with Gasteiger partial charge in [-0.1, -0.05) is 18.2 Å². The molecule has 5 nitrogen and oxygen atoms in total. The zero-order valence-corrected chi connectivity index (χ0v) is 11.1. The Bertz CT molecular complexity index is 647. The fraction of sp³-hybridized carbons (Fsp3) is 0.333. The van der Waals surface area contributed by atoms with Crippen LogP contribution >= 0.6 is 0 Å². The smallest absolute Gasteiger partial charge is 0.234 e. The standard InChI is InChI=1S/C15H16N2O3/c18-13(8-17-7-3-6-16-15(19)9-17)12-10-20-14-5-2-1-4-11(12)14/h1-2,4-5,10H,3,6-9H2,(H,16,19). The molecule has 1 amide bonds. The summed E-state index contributed by atoms with van der Waals surface area (Å²) in [6, 6.07) is 7.47. The molecule has 2 heterocycles. The van der Waals surface area contributed by atoms with Gasteiger partial charge in [0.25, 0.3) is 0 Å². The molecule has 0 aliphatic carbocycles. The van der Waals surface area contributed by atoms with Crippen LogP contribution in [0, 0.1) is 0 Å². The van der Waals surface area contributed by atoms with Crippen molar-refractivity contribution in [3.63, 3.8) is 0 Å². The van der Waals surface area contributed by atoms with Crippen LogP contribution in [0.1, 0.15) is 16.8 Å². The highest BCUT2D eigenvalue weighted by Crippen LogP contribution is 2.21. The summed E-state index contributed by atoms with van der Waals surface area (Å²) in [7, 11) is 0. The van der Waals surface area contributed by atoms with E-state index < -0.39 is 0 Å². The summed E-state index contributed by atoms with van der Waals surface area (Å²) in [5, 5.41) is 3.63. The van der Waals surface area contributed by atoms with Gasteiger partial charge in [0.15, 0.2) is 5.78 Å². The van der Waals surface area contributed by atoms with Crippen LogP contribution in [0.2, 0.25) is 0 Å². The van der Waals surface area contributed by atoms with E-state index >= 15 is 0 Å². The molecule has 2 aromatic rings. The first-order valence-electron chi connectivity index (χ1n) is 6.72. The third-order valence-corrected chi connectivity index (χ3v) is 3.49. The van der Waals surface area contributed by atoms with E-state index in [4.69, 9.17) is 4.42 Å². The van der Waals surface area contributed by atoms with Gasteiger partial charge < -0.3 is 9.73 Å². The van der Waals surface area contributed by atoms with Crippen molar-refractivity contribution < 1.29 is 14.0 Å². The van der Waals surface area contributed by atoms with E-state index in [9.17, 15) is 9.59 Å². The largest absolute Gasteiger partial charge is 0.464 e. The fourth-order valence-electron chi connectivity index (χ4n) is 2.49. The van der Waals surface area contributed by atoms with E-state index in [1.807, 2.05) is 29.2 Å². The van der Waals surface area contributed by atoms with Crippen molar-refractivity contribution in [3.05, 3.63) is 36.1 Å². The number of para-hydroxylation sites is 1. The normalized spacial score (nSPS) is 16.9. The van der Waals surface area contributed by atoms with Crippen molar-refractivity contribution in [1.29, 1.82) is 0 Å². The number of ketones is 1. The Kier molecular flexibility index (Phi) is 3.52. The van der Waals surface area contributed by atoms with Crippen molar-refractivity contribution in [2.75, 3.05) is 26.2 Å². The van der Waals surface area contributed by atoms with Gasteiger partial charge in [-0.15, -0.1) is 0 Å². The van der Waals surface area contributed by atoms with Crippen LogP contribution in [0.25, 0.3) is 11.0 Å². The molecule has 0 atom stereocenters. The minimum absolute atomic E-state index is 0.00958. The Morgan fingerprint density at radius 3 is 3.10 bits per heavy atom. The molecule has 1 fully saturated rings. The summed E-state index contributed by atoms with van der Waals surface area (Å²) < 4.78 is 5.39. The zero-order valence-electron chi connectivity index (χ0n) is 11.1. The first kappa shape index (κ1) is 12.9. The van der Waals surface area contributed by atoms with Crippen molar-refractivity contribution in [1.82, 2.24) is 10.2 Å². The highest BCUT2D eigenvalue weighted by atomic mass is 16.3. The van der Waals surface area contributed by atoms with Crippen molar-refractivity contribution in [2.24, 2.45) is 0 Å². The molecule has 1 saturated heterocycles. The van der Waals surface area contributed by atoms with Crippen LogP contribution in [-0.4, -0.2) is 42.8 Å². The van der Waals surface area contributed by atoms with E-state index in [1.165, 1.54) is 6.26 Å². The highest BCUT2D eigenvalue weighted by molar-refractivity contribution is 6.08. The molecule has 104 valence electrons.